The van der Waals surface area contributed by atoms with Gasteiger partial charge in [-0.3, -0.25) is 24.6 Å². The first-order valence-corrected chi connectivity index (χ1v) is 11.0. The Labute approximate surface area is 179 Å². The Bertz CT molecular complexity index is 939. The first kappa shape index (κ1) is 20.0. The molecule has 4 bridgehead atoms. The van der Waals surface area contributed by atoms with Crippen LogP contribution in [0.1, 0.15) is 65.7 Å². The summed E-state index contributed by atoms with van der Waals surface area (Å²) in [6.07, 6.45) is 7.58. The number of hydrogen-bond donors (Lipinski definition) is 2. The lowest BCUT2D eigenvalue weighted by atomic mass is 9.53. The molecule has 0 spiro atoms. The summed E-state index contributed by atoms with van der Waals surface area (Å²) < 4.78 is 0. The number of carbonyl (C=O) groups excluding carboxylic acids is 3. The van der Waals surface area contributed by atoms with Crippen LogP contribution in [0.4, 0.5) is 10.5 Å². The second-order valence-corrected chi connectivity index (χ2v) is 9.68. The summed E-state index contributed by atoms with van der Waals surface area (Å²) in [5.41, 5.74) is -0.0320. The molecular weight excluding hydrogens is 400 g/mol. The first-order chi connectivity index (χ1) is 14.8. The molecule has 4 saturated carbocycles. The number of imide groups is 1. The summed E-state index contributed by atoms with van der Waals surface area (Å²) in [6, 6.07) is 3.52. The van der Waals surface area contributed by atoms with Crippen LogP contribution in [0.3, 0.4) is 0 Å². The number of benzene rings is 1. The lowest BCUT2D eigenvalue weighted by Crippen LogP contribution is -2.61. The topological polar surface area (TPSA) is 122 Å². The molecule has 164 valence electrons. The maximum absolute atomic E-state index is 12.5. The highest BCUT2D eigenvalue weighted by atomic mass is 16.6. The van der Waals surface area contributed by atoms with Gasteiger partial charge in [-0.05, 0) is 68.8 Å². The highest BCUT2D eigenvalue weighted by Gasteiger charge is 2.51. The number of nitrogens with zero attached hydrogens (tertiary/aromatic N) is 2. The van der Waals surface area contributed by atoms with Gasteiger partial charge in [-0.1, -0.05) is 0 Å². The molecule has 2 N–H and O–H groups in total. The minimum atomic E-state index is -0.590. The van der Waals surface area contributed by atoms with Gasteiger partial charge in [0, 0.05) is 30.8 Å². The number of urea groups is 1. The molecule has 5 aliphatic rings. The third-order valence-corrected chi connectivity index (χ3v) is 7.43. The fourth-order valence-electron chi connectivity index (χ4n) is 6.58. The van der Waals surface area contributed by atoms with E-state index in [4.69, 9.17) is 0 Å². The van der Waals surface area contributed by atoms with E-state index in [1.807, 2.05) is 0 Å². The van der Waals surface area contributed by atoms with E-state index in [0.717, 1.165) is 48.0 Å². The van der Waals surface area contributed by atoms with Crippen molar-refractivity contribution in [3.8, 4) is 0 Å². The van der Waals surface area contributed by atoms with Crippen LogP contribution < -0.4 is 10.6 Å². The summed E-state index contributed by atoms with van der Waals surface area (Å²) in [6.45, 7) is 0.490. The van der Waals surface area contributed by atoms with E-state index < -0.39 is 16.7 Å². The van der Waals surface area contributed by atoms with Gasteiger partial charge in [-0.15, -0.1) is 0 Å². The molecular formula is C22H26N4O5. The van der Waals surface area contributed by atoms with Crippen molar-refractivity contribution in [3.05, 3.63) is 39.4 Å². The van der Waals surface area contributed by atoms with Crippen LogP contribution in [0.15, 0.2) is 18.2 Å². The number of nitro benzene ring substituents is 1. The second-order valence-electron chi connectivity index (χ2n) is 9.68. The van der Waals surface area contributed by atoms with E-state index >= 15 is 0 Å². The normalized spacial score (nSPS) is 30.5. The van der Waals surface area contributed by atoms with E-state index in [1.165, 1.54) is 31.4 Å². The van der Waals surface area contributed by atoms with Crippen LogP contribution in [0.5, 0.6) is 0 Å². The Morgan fingerprint density at radius 2 is 1.68 bits per heavy atom. The Kier molecular flexibility index (Phi) is 4.71. The van der Waals surface area contributed by atoms with Gasteiger partial charge in [0.05, 0.1) is 16.1 Å². The molecule has 31 heavy (non-hydrogen) atoms. The highest BCUT2D eigenvalue weighted by molar-refractivity contribution is 6.21. The number of nitro groups is 1. The average molecular weight is 426 g/mol. The third kappa shape index (κ3) is 3.55. The van der Waals surface area contributed by atoms with Gasteiger partial charge in [0.2, 0.25) is 0 Å². The monoisotopic (exact) mass is 426 g/mol. The number of nitrogens with one attached hydrogen (secondary N) is 2. The molecule has 1 aromatic rings. The van der Waals surface area contributed by atoms with E-state index in [-0.39, 0.29) is 34.9 Å². The Morgan fingerprint density at radius 1 is 1.06 bits per heavy atom. The van der Waals surface area contributed by atoms with Crippen molar-refractivity contribution in [1.82, 2.24) is 15.5 Å². The van der Waals surface area contributed by atoms with Gasteiger partial charge in [0.1, 0.15) is 0 Å². The number of non-ortho nitro benzene ring substituents is 1. The SMILES string of the molecule is O=C(NCCCN1C(=O)c2ccc([N+](=O)[O-])cc2C1=O)NC12CC3CC(CC(C3)C1)C2. The maximum atomic E-state index is 12.5. The zero-order valence-corrected chi connectivity index (χ0v) is 17.3. The maximum Gasteiger partial charge on any atom is 0.315 e. The molecule has 0 atom stereocenters. The third-order valence-electron chi connectivity index (χ3n) is 7.43. The zero-order valence-electron chi connectivity index (χ0n) is 17.3. The van der Waals surface area contributed by atoms with Crippen LogP contribution in [0.25, 0.3) is 0 Å². The zero-order chi connectivity index (χ0) is 21.8. The van der Waals surface area contributed by atoms with Gasteiger partial charge < -0.3 is 10.6 Å². The van der Waals surface area contributed by atoms with Crippen LogP contribution in [0.2, 0.25) is 0 Å². The fourth-order valence-corrected chi connectivity index (χ4v) is 6.58. The van der Waals surface area contributed by atoms with Gasteiger partial charge >= 0.3 is 6.03 Å². The Balaban J connectivity index is 1.12. The van der Waals surface area contributed by atoms with Crippen molar-refractivity contribution in [2.24, 2.45) is 17.8 Å². The van der Waals surface area contributed by atoms with Crippen molar-refractivity contribution in [1.29, 1.82) is 0 Å². The number of amides is 4. The molecule has 9 heteroatoms. The largest absolute Gasteiger partial charge is 0.338 e. The predicted octanol–water partition coefficient (Wildman–Crippen LogP) is 2.85. The molecule has 4 fully saturated rings. The van der Waals surface area contributed by atoms with E-state index in [2.05, 4.69) is 10.6 Å². The average Bonchev–Trinajstić information content (AvgIpc) is 2.94. The standard InChI is InChI=1S/C22H26N4O5/c27-19-17-3-2-16(26(30)31)9-18(17)20(28)25(19)5-1-4-23-21(29)24-22-10-13-6-14(11-22)8-15(7-13)12-22/h2-3,9,13-15H,1,4-8,10-12H2,(H2,23,24,29). The van der Waals surface area contributed by atoms with E-state index in [1.54, 1.807) is 0 Å². The van der Waals surface area contributed by atoms with Crippen LogP contribution in [-0.2, 0) is 0 Å². The van der Waals surface area contributed by atoms with Crippen molar-refractivity contribution >= 4 is 23.5 Å². The molecule has 0 radical (unpaired) electrons. The van der Waals surface area contributed by atoms with Crippen LogP contribution in [-0.4, -0.2) is 46.3 Å². The minimum absolute atomic E-state index is 0.0594. The molecule has 6 rings (SSSR count). The molecule has 0 aromatic heterocycles. The molecule has 1 aromatic carbocycles. The van der Waals surface area contributed by atoms with Gasteiger partial charge in [0.15, 0.2) is 0 Å². The summed E-state index contributed by atoms with van der Waals surface area (Å²) in [4.78, 5) is 48.9. The number of fused-ring (bicyclic) bond motifs is 1. The van der Waals surface area contributed by atoms with E-state index in [0.29, 0.717) is 13.0 Å². The van der Waals surface area contributed by atoms with Crippen molar-refractivity contribution in [2.75, 3.05) is 13.1 Å². The molecule has 4 amide bonds. The van der Waals surface area contributed by atoms with Gasteiger partial charge in [-0.2, -0.15) is 0 Å². The Hall–Kier alpha value is -2.97. The molecule has 0 unspecified atom stereocenters. The number of hydrogen-bond acceptors (Lipinski definition) is 5. The number of carbonyl (C=O) groups is 3. The predicted molar refractivity (Wildman–Crippen MR) is 111 cm³/mol. The van der Waals surface area contributed by atoms with E-state index in [9.17, 15) is 24.5 Å². The van der Waals surface area contributed by atoms with Gasteiger partial charge in [0.25, 0.3) is 17.5 Å². The quantitative estimate of drug-likeness (QED) is 0.313. The van der Waals surface area contributed by atoms with Crippen LogP contribution >= 0.6 is 0 Å². The molecule has 4 aliphatic carbocycles. The highest BCUT2D eigenvalue weighted by Crippen LogP contribution is 2.55. The van der Waals surface area contributed by atoms with Crippen molar-refractivity contribution < 1.29 is 19.3 Å². The summed E-state index contributed by atoms with van der Waals surface area (Å²) in [5.74, 6) is 1.26. The van der Waals surface area contributed by atoms with Crippen molar-refractivity contribution in [3.63, 3.8) is 0 Å². The summed E-state index contributed by atoms with van der Waals surface area (Å²) in [5, 5.41) is 17.0. The lowest BCUT2D eigenvalue weighted by Gasteiger charge is -2.56. The molecule has 9 nitrogen and oxygen atoms in total. The second kappa shape index (κ2) is 7.32. The smallest absolute Gasteiger partial charge is 0.315 e. The Morgan fingerprint density at radius 3 is 2.29 bits per heavy atom. The summed E-state index contributed by atoms with van der Waals surface area (Å²) >= 11 is 0. The first-order valence-electron chi connectivity index (χ1n) is 11.0. The molecule has 1 aliphatic heterocycles. The number of rotatable bonds is 6. The fraction of sp³-hybridized carbons (Fsp3) is 0.591. The molecule has 1 heterocycles. The van der Waals surface area contributed by atoms with Crippen molar-refractivity contribution in [2.45, 2.75) is 50.5 Å². The molecule has 0 saturated heterocycles. The van der Waals surface area contributed by atoms with Gasteiger partial charge in [-0.25, -0.2) is 4.79 Å². The van der Waals surface area contributed by atoms with Crippen LogP contribution in [0, 0.1) is 27.9 Å². The summed E-state index contributed by atoms with van der Waals surface area (Å²) in [7, 11) is 0. The lowest BCUT2D eigenvalue weighted by molar-refractivity contribution is -0.384. The minimum Gasteiger partial charge on any atom is -0.338 e.